The standard InChI is InChI=1S/C14H21N/c1-4-14(12-6-7-12)15-13-8-5-10(2)11(3)9-13/h5,8-9,12,14-15H,4,6-7H2,1-3H3. The molecule has 0 aliphatic heterocycles. The highest BCUT2D eigenvalue weighted by Crippen LogP contribution is 2.35. The first-order chi connectivity index (χ1) is 7.20. The molecule has 1 N–H and O–H groups in total. The fourth-order valence-electron chi connectivity index (χ4n) is 2.10. The first kappa shape index (κ1) is 10.5. The lowest BCUT2D eigenvalue weighted by atomic mass is 10.1. The Labute approximate surface area is 92.9 Å². The van der Waals surface area contributed by atoms with Crippen molar-refractivity contribution in [3.63, 3.8) is 0 Å². The average molecular weight is 203 g/mol. The molecule has 1 unspecified atom stereocenters. The Morgan fingerprint density at radius 2 is 2.00 bits per heavy atom. The van der Waals surface area contributed by atoms with Gasteiger partial charge in [-0.05, 0) is 62.3 Å². The summed E-state index contributed by atoms with van der Waals surface area (Å²) in [6, 6.07) is 7.36. The van der Waals surface area contributed by atoms with Crippen LogP contribution >= 0.6 is 0 Å². The van der Waals surface area contributed by atoms with Gasteiger partial charge in [-0.25, -0.2) is 0 Å². The minimum atomic E-state index is 0.687. The molecule has 15 heavy (non-hydrogen) atoms. The molecule has 2 rings (SSSR count). The number of nitrogens with one attached hydrogen (secondary N) is 1. The van der Waals surface area contributed by atoms with E-state index in [1.165, 1.54) is 36.1 Å². The highest BCUT2D eigenvalue weighted by molar-refractivity contribution is 5.49. The van der Waals surface area contributed by atoms with Crippen LogP contribution in [0.5, 0.6) is 0 Å². The molecule has 0 amide bonds. The summed E-state index contributed by atoms with van der Waals surface area (Å²) >= 11 is 0. The number of anilines is 1. The SMILES string of the molecule is CCC(Nc1ccc(C)c(C)c1)C1CC1. The summed E-state index contributed by atoms with van der Waals surface area (Å²) in [5.41, 5.74) is 4.04. The second-order valence-corrected chi connectivity index (χ2v) is 4.80. The van der Waals surface area contributed by atoms with Gasteiger partial charge in [0.25, 0.3) is 0 Å². The molecule has 1 saturated carbocycles. The van der Waals surface area contributed by atoms with Crippen molar-refractivity contribution in [2.75, 3.05) is 5.32 Å². The Balaban J connectivity index is 2.05. The van der Waals surface area contributed by atoms with Crippen LogP contribution in [0.15, 0.2) is 18.2 Å². The van der Waals surface area contributed by atoms with Crippen LogP contribution in [-0.2, 0) is 0 Å². The van der Waals surface area contributed by atoms with Crippen molar-refractivity contribution in [1.82, 2.24) is 0 Å². The Morgan fingerprint density at radius 3 is 2.53 bits per heavy atom. The Kier molecular flexibility index (Phi) is 2.99. The van der Waals surface area contributed by atoms with E-state index in [1.807, 2.05) is 0 Å². The lowest BCUT2D eigenvalue weighted by Gasteiger charge is -2.18. The molecule has 1 fully saturated rings. The molecule has 0 aromatic heterocycles. The Hall–Kier alpha value is -0.980. The number of benzene rings is 1. The molecule has 0 spiro atoms. The molecule has 1 aliphatic rings. The van der Waals surface area contributed by atoms with E-state index in [4.69, 9.17) is 0 Å². The molecule has 0 radical (unpaired) electrons. The van der Waals surface area contributed by atoms with Crippen molar-refractivity contribution in [3.05, 3.63) is 29.3 Å². The summed E-state index contributed by atoms with van der Waals surface area (Å²) in [4.78, 5) is 0. The van der Waals surface area contributed by atoms with Crippen molar-refractivity contribution in [2.45, 2.75) is 46.1 Å². The van der Waals surface area contributed by atoms with Gasteiger partial charge >= 0.3 is 0 Å². The normalized spacial score (nSPS) is 17.5. The lowest BCUT2D eigenvalue weighted by Crippen LogP contribution is -2.20. The lowest BCUT2D eigenvalue weighted by molar-refractivity contribution is 0.616. The third kappa shape index (κ3) is 2.53. The fraction of sp³-hybridized carbons (Fsp3) is 0.571. The van der Waals surface area contributed by atoms with E-state index < -0.39 is 0 Å². The van der Waals surface area contributed by atoms with Crippen LogP contribution in [0.25, 0.3) is 0 Å². The van der Waals surface area contributed by atoms with E-state index >= 15 is 0 Å². The Morgan fingerprint density at radius 1 is 1.27 bits per heavy atom. The summed E-state index contributed by atoms with van der Waals surface area (Å²) in [6.45, 7) is 6.62. The third-order valence-corrected chi connectivity index (χ3v) is 3.49. The monoisotopic (exact) mass is 203 g/mol. The highest BCUT2D eigenvalue weighted by atomic mass is 14.9. The van der Waals surface area contributed by atoms with E-state index in [2.05, 4.69) is 44.3 Å². The van der Waals surface area contributed by atoms with E-state index in [0.717, 1.165) is 5.92 Å². The molecule has 1 aromatic rings. The maximum Gasteiger partial charge on any atom is 0.0345 e. The first-order valence-electron chi connectivity index (χ1n) is 6.04. The summed E-state index contributed by atoms with van der Waals surface area (Å²) in [5, 5.41) is 3.66. The minimum absolute atomic E-state index is 0.687. The number of hydrogen-bond acceptors (Lipinski definition) is 1. The van der Waals surface area contributed by atoms with Gasteiger partial charge in [0.15, 0.2) is 0 Å². The maximum absolute atomic E-state index is 3.66. The number of aryl methyl sites for hydroxylation is 2. The van der Waals surface area contributed by atoms with Crippen LogP contribution in [0, 0.1) is 19.8 Å². The molecule has 1 atom stereocenters. The largest absolute Gasteiger partial charge is 0.382 e. The van der Waals surface area contributed by atoms with E-state index in [0.29, 0.717) is 6.04 Å². The quantitative estimate of drug-likeness (QED) is 0.782. The van der Waals surface area contributed by atoms with E-state index in [-0.39, 0.29) is 0 Å². The van der Waals surface area contributed by atoms with Crippen molar-refractivity contribution in [3.8, 4) is 0 Å². The van der Waals surface area contributed by atoms with Gasteiger partial charge in [-0.2, -0.15) is 0 Å². The molecule has 82 valence electrons. The first-order valence-corrected chi connectivity index (χ1v) is 6.04. The van der Waals surface area contributed by atoms with Crippen LogP contribution in [0.2, 0.25) is 0 Å². The van der Waals surface area contributed by atoms with Crippen molar-refractivity contribution in [2.24, 2.45) is 5.92 Å². The highest BCUT2D eigenvalue weighted by Gasteiger charge is 2.29. The van der Waals surface area contributed by atoms with Crippen LogP contribution in [-0.4, -0.2) is 6.04 Å². The van der Waals surface area contributed by atoms with Gasteiger partial charge in [0, 0.05) is 11.7 Å². The predicted octanol–water partition coefficient (Wildman–Crippen LogP) is 3.90. The van der Waals surface area contributed by atoms with Gasteiger partial charge in [-0.15, -0.1) is 0 Å². The molecule has 1 heteroatoms. The topological polar surface area (TPSA) is 12.0 Å². The number of hydrogen-bond donors (Lipinski definition) is 1. The Bertz CT molecular complexity index is 339. The summed E-state index contributed by atoms with van der Waals surface area (Å²) < 4.78 is 0. The van der Waals surface area contributed by atoms with Gasteiger partial charge in [-0.3, -0.25) is 0 Å². The zero-order valence-corrected chi connectivity index (χ0v) is 10.0. The van der Waals surface area contributed by atoms with E-state index in [1.54, 1.807) is 0 Å². The van der Waals surface area contributed by atoms with Crippen molar-refractivity contribution < 1.29 is 0 Å². The van der Waals surface area contributed by atoms with Crippen LogP contribution in [0.3, 0.4) is 0 Å². The smallest absolute Gasteiger partial charge is 0.0345 e. The van der Waals surface area contributed by atoms with Gasteiger partial charge in [0.2, 0.25) is 0 Å². The molecule has 0 heterocycles. The number of rotatable bonds is 4. The molecule has 1 aliphatic carbocycles. The van der Waals surface area contributed by atoms with Crippen LogP contribution in [0.4, 0.5) is 5.69 Å². The van der Waals surface area contributed by atoms with Crippen molar-refractivity contribution in [1.29, 1.82) is 0 Å². The second kappa shape index (κ2) is 4.26. The average Bonchev–Trinajstić information content (AvgIpc) is 3.03. The van der Waals surface area contributed by atoms with E-state index in [9.17, 15) is 0 Å². The predicted molar refractivity (Wildman–Crippen MR) is 66.3 cm³/mol. The summed E-state index contributed by atoms with van der Waals surface area (Å²) in [6.07, 6.45) is 4.06. The summed E-state index contributed by atoms with van der Waals surface area (Å²) in [5.74, 6) is 0.927. The zero-order valence-electron chi connectivity index (χ0n) is 10.0. The fourth-order valence-corrected chi connectivity index (χ4v) is 2.10. The molecule has 0 bridgehead atoms. The molecule has 1 nitrogen and oxygen atoms in total. The minimum Gasteiger partial charge on any atom is -0.382 e. The second-order valence-electron chi connectivity index (χ2n) is 4.80. The van der Waals surface area contributed by atoms with Gasteiger partial charge in [0.1, 0.15) is 0 Å². The van der Waals surface area contributed by atoms with Gasteiger partial charge in [0.05, 0.1) is 0 Å². The van der Waals surface area contributed by atoms with Gasteiger partial charge in [-0.1, -0.05) is 13.0 Å². The maximum atomic E-state index is 3.66. The van der Waals surface area contributed by atoms with Crippen LogP contribution in [0.1, 0.15) is 37.3 Å². The molecule has 1 aromatic carbocycles. The van der Waals surface area contributed by atoms with Gasteiger partial charge < -0.3 is 5.32 Å². The molecular formula is C14H21N. The zero-order chi connectivity index (χ0) is 10.8. The molecular weight excluding hydrogens is 182 g/mol. The summed E-state index contributed by atoms with van der Waals surface area (Å²) in [7, 11) is 0. The molecule has 0 saturated heterocycles. The van der Waals surface area contributed by atoms with Crippen molar-refractivity contribution >= 4 is 5.69 Å². The third-order valence-electron chi connectivity index (χ3n) is 3.49. The van der Waals surface area contributed by atoms with Crippen LogP contribution < -0.4 is 5.32 Å².